The molecule has 0 amide bonds. The van der Waals surface area contributed by atoms with E-state index in [9.17, 15) is 0 Å². The predicted molar refractivity (Wildman–Crippen MR) is 82.2 cm³/mol. The number of benzene rings is 1. The van der Waals surface area contributed by atoms with E-state index in [-0.39, 0.29) is 0 Å². The van der Waals surface area contributed by atoms with Gasteiger partial charge in [0, 0.05) is 10.9 Å². The molecular weight excluding hydrogens is 274 g/mol. The van der Waals surface area contributed by atoms with Crippen molar-refractivity contribution in [2.75, 3.05) is 19.1 Å². The van der Waals surface area contributed by atoms with E-state index in [1.807, 2.05) is 37.4 Å². The summed E-state index contributed by atoms with van der Waals surface area (Å²) in [6.45, 7) is 4.45. The number of nitrogens with zero attached hydrogens (tertiary/aromatic N) is 2. The Kier molecular flexibility index (Phi) is 4.95. The van der Waals surface area contributed by atoms with Gasteiger partial charge in [-0.25, -0.2) is 4.98 Å². The van der Waals surface area contributed by atoms with Crippen LogP contribution in [0.1, 0.15) is 18.2 Å². The van der Waals surface area contributed by atoms with Gasteiger partial charge in [-0.05, 0) is 26.0 Å². The third-order valence-corrected chi connectivity index (χ3v) is 3.37. The van der Waals surface area contributed by atoms with Crippen LogP contribution in [0.15, 0.2) is 28.7 Å². The summed E-state index contributed by atoms with van der Waals surface area (Å²) < 4.78 is 10.9. The normalized spacial score (nSPS) is 10.8. The molecule has 6 heteroatoms. The fourth-order valence-electron chi connectivity index (χ4n) is 1.66. The van der Waals surface area contributed by atoms with Crippen LogP contribution in [0.5, 0.6) is 11.5 Å². The highest BCUT2D eigenvalue weighted by atomic mass is 32.1. The molecule has 0 spiro atoms. The summed E-state index contributed by atoms with van der Waals surface area (Å²) >= 11 is 1.51. The second-order valence-corrected chi connectivity index (χ2v) is 4.83. The first-order valence-corrected chi connectivity index (χ1v) is 7.13. The van der Waals surface area contributed by atoms with Gasteiger partial charge < -0.3 is 9.47 Å². The van der Waals surface area contributed by atoms with Gasteiger partial charge in [0.2, 0.25) is 5.13 Å². The number of ether oxygens (including phenoxy) is 2. The summed E-state index contributed by atoms with van der Waals surface area (Å²) in [5, 5.41) is 6.91. The standard InChI is InChI=1S/C14H17N3O2S/c1-4-19-13-11(6-5-7-12(13)18-3)8-15-17-14-16-10(2)9-20-14/h5-9H,4H2,1-3H3,(H,16,17)/b15-8+. The second kappa shape index (κ2) is 6.91. The molecule has 0 unspecified atom stereocenters. The van der Waals surface area contributed by atoms with Crippen LogP contribution in [0, 0.1) is 6.92 Å². The van der Waals surface area contributed by atoms with Crippen LogP contribution >= 0.6 is 11.3 Å². The summed E-state index contributed by atoms with van der Waals surface area (Å²) in [6, 6.07) is 5.68. The second-order valence-electron chi connectivity index (χ2n) is 3.98. The van der Waals surface area contributed by atoms with Crippen molar-refractivity contribution in [3.63, 3.8) is 0 Å². The number of aromatic nitrogens is 1. The number of hydrogen-bond acceptors (Lipinski definition) is 6. The minimum Gasteiger partial charge on any atom is -0.493 e. The number of rotatable bonds is 6. The fraction of sp³-hybridized carbons (Fsp3) is 0.286. The van der Waals surface area contributed by atoms with E-state index in [1.54, 1.807) is 13.3 Å². The molecule has 0 aliphatic carbocycles. The lowest BCUT2D eigenvalue weighted by Crippen LogP contribution is -2.00. The highest BCUT2D eigenvalue weighted by molar-refractivity contribution is 7.13. The maximum Gasteiger partial charge on any atom is 0.203 e. The van der Waals surface area contributed by atoms with Crippen LogP contribution < -0.4 is 14.9 Å². The van der Waals surface area contributed by atoms with Crippen LogP contribution in [0.4, 0.5) is 5.13 Å². The first kappa shape index (κ1) is 14.3. The third-order valence-electron chi connectivity index (χ3n) is 2.50. The van der Waals surface area contributed by atoms with Crippen molar-refractivity contribution < 1.29 is 9.47 Å². The number of methoxy groups -OCH3 is 1. The van der Waals surface area contributed by atoms with Crippen molar-refractivity contribution >= 4 is 22.7 Å². The van der Waals surface area contributed by atoms with Crippen molar-refractivity contribution in [3.05, 3.63) is 34.8 Å². The van der Waals surface area contributed by atoms with E-state index in [0.29, 0.717) is 18.1 Å². The number of hydrogen-bond donors (Lipinski definition) is 1. The van der Waals surface area contributed by atoms with Crippen molar-refractivity contribution in [2.45, 2.75) is 13.8 Å². The van der Waals surface area contributed by atoms with E-state index >= 15 is 0 Å². The van der Waals surface area contributed by atoms with E-state index in [2.05, 4.69) is 15.5 Å². The largest absolute Gasteiger partial charge is 0.493 e. The highest BCUT2D eigenvalue weighted by Gasteiger charge is 2.08. The SMILES string of the molecule is CCOc1c(/C=N/Nc2nc(C)cs2)cccc1OC. The number of aryl methyl sites for hydroxylation is 1. The molecule has 2 rings (SSSR count). The lowest BCUT2D eigenvalue weighted by atomic mass is 10.2. The van der Waals surface area contributed by atoms with Gasteiger partial charge in [-0.2, -0.15) is 5.10 Å². The van der Waals surface area contributed by atoms with Crippen LogP contribution in [0.3, 0.4) is 0 Å². The zero-order valence-corrected chi connectivity index (χ0v) is 12.5. The molecule has 1 N–H and O–H groups in total. The Morgan fingerprint density at radius 1 is 1.45 bits per heavy atom. The topological polar surface area (TPSA) is 55.7 Å². The Hall–Kier alpha value is -2.08. The Labute approximate surface area is 122 Å². The van der Waals surface area contributed by atoms with Crippen LogP contribution in [-0.4, -0.2) is 24.9 Å². The molecule has 1 aromatic heterocycles. The molecular formula is C14H17N3O2S. The van der Waals surface area contributed by atoms with Crippen LogP contribution in [-0.2, 0) is 0 Å². The maximum absolute atomic E-state index is 5.61. The molecule has 20 heavy (non-hydrogen) atoms. The molecule has 0 saturated heterocycles. The van der Waals surface area contributed by atoms with Crippen LogP contribution in [0.2, 0.25) is 0 Å². The maximum atomic E-state index is 5.61. The summed E-state index contributed by atoms with van der Waals surface area (Å²) in [5.74, 6) is 1.39. The zero-order chi connectivity index (χ0) is 14.4. The molecule has 2 aromatic rings. The molecule has 0 saturated carbocycles. The summed E-state index contributed by atoms with van der Waals surface area (Å²) in [7, 11) is 1.62. The monoisotopic (exact) mass is 291 g/mol. The Morgan fingerprint density at radius 2 is 2.30 bits per heavy atom. The molecule has 106 valence electrons. The Balaban J connectivity index is 2.15. The summed E-state index contributed by atoms with van der Waals surface area (Å²) in [4.78, 5) is 4.27. The molecule has 0 atom stereocenters. The predicted octanol–water partition coefficient (Wildman–Crippen LogP) is 3.30. The van der Waals surface area contributed by atoms with E-state index < -0.39 is 0 Å². The first-order valence-electron chi connectivity index (χ1n) is 6.25. The molecule has 5 nitrogen and oxygen atoms in total. The lowest BCUT2D eigenvalue weighted by Gasteiger charge is -2.11. The smallest absolute Gasteiger partial charge is 0.203 e. The molecule has 0 radical (unpaired) electrons. The number of nitrogens with one attached hydrogen (secondary N) is 1. The van der Waals surface area contributed by atoms with Gasteiger partial charge in [-0.3, -0.25) is 5.43 Å². The average Bonchev–Trinajstić information content (AvgIpc) is 2.86. The Morgan fingerprint density at radius 3 is 2.95 bits per heavy atom. The first-order chi connectivity index (χ1) is 9.74. The third kappa shape index (κ3) is 3.48. The van der Waals surface area contributed by atoms with Crippen molar-refractivity contribution in [3.8, 4) is 11.5 Å². The summed E-state index contributed by atoms with van der Waals surface area (Å²) in [6.07, 6.45) is 1.70. The van der Waals surface area contributed by atoms with Gasteiger partial charge in [0.1, 0.15) is 0 Å². The zero-order valence-electron chi connectivity index (χ0n) is 11.7. The molecule has 1 heterocycles. The molecule has 0 aliphatic heterocycles. The van der Waals surface area contributed by atoms with Gasteiger partial charge >= 0.3 is 0 Å². The molecule has 0 fully saturated rings. The van der Waals surface area contributed by atoms with Gasteiger partial charge in [0.05, 0.1) is 25.6 Å². The number of hydrazone groups is 1. The van der Waals surface area contributed by atoms with Gasteiger partial charge in [-0.1, -0.05) is 6.07 Å². The van der Waals surface area contributed by atoms with E-state index in [1.165, 1.54) is 11.3 Å². The minimum absolute atomic E-state index is 0.570. The molecule has 1 aromatic carbocycles. The quantitative estimate of drug-likeness (QED) is 0.655. The molecule has 0 aliphatic rings. The lowest BCUT2D eigenvalue weighted by molar-refractivity contribution is 0.310. The average molecular weight is 291 g/mol. The summed E-state index contributed by atoms with van der Waals surface area (Å²) in [5.41, 5.74) is 4.73. The van der Waals surface area contributed by atoms with E-state index in [4.69, 9.17) is 9.47 Å². The fourth-order valence-corrected chi connectivity index (χ4v) is 2.29. The Bertz CT molecular complexity index is 596. The van der Waals surface area contributed by atoms with Crippen molar-refractivity contribution in [1.82, 2.24) is 4.98 Å². The molecule has 0 bridgehead atoms. The minimum atomic E-state index is 0.570. The number of para-hydroxylation sites is 1. The van der Waals surface area contributed by atoms with Crippen molar-refractivity contribution in [1.29, 1.82) is 0 Å². The van der Waals surface area contributed by atoms with Gasteiger partial charge in [0.25, 0.3) is 0 Å². The number of anilines is 1. The van der Waals surface area contributed by atoms with Crippen LogP contribution in [0.25, 0.3) is 0 Å². The van der Waals surface area contributed by atoms with Crippen molar-refractivity contribution in [2.24, 2.45) is 5.10 Å². The van der Waals surface area contributed by atoms with E-state index in [0.717, 1.165) is 16.4 Å². The van der Waals surface area contributed by atoms with Gasteiger partial charge in [-0.15, -0.1) is 11.3 Å². The van der Waals surface area contributed by atoms with Gasteiger partial charge in [0.15, 0.2) is 11.5 Å². The number of thiazole rings is 1. The highest BCUT2D eigenvalue weighted by Crippen LogP contribution is 2.30.